The molecule has 4 aromatic carbocycles. The number of nitrogens with one attached hydrogen (secondary N) is 3. The first-order valence-corrected chi connectivity index (χ1v) is 14.6. The summed E-state index contributed by atoms with van der Waals surface area (Å²) in [6.07, 6.45) is -0.671. The molecule has 0 aromatic heterocycles. The number of ether oxygens (including phenoxy) is 1. The molecular weight excluding hydrogens is 572 g/mol. The fourth-order valence-corrected chi connectivity index (χ4v) is 5.31. The Morgan fingerprint density at radius 3 is 1.87 bits per heavy atom. The summed E-state index contributed by atoms with van der Waals surface area (Å²) < 4.78 is 5.70. The Morgan fingerprint density at radius 2 is 1.29 bits per heavy atom. The maximum atomic E-state index is 13.7. The van der Waals surface area contributed by atoms with Crippen LogP contribution in [0.3, 0.4) is 0 Å². The van der Waals surface area contributed by atoms with Crippen LogP contribution in [0.5, 0.6) is 0 Å². The predicted molar refractivity (Wildman–Crippen MR) is 168 cm³/mol. The molecule has 0 unspecified atom stereocenters. The van der Waals surface area contributed by atoms with Crippen LogP contribution in [-0.2, 0) is 27.3 Å². The number of carbonyl (C=O) groups excluding carboxylic acids is 3. The molecule has 4 aromatic rings. The summed E-state index contributed by atoms with van der Waals surface area (Å²) in [6, 6.07) is 30.9. The van der Waals surface area contributed by atoms with E-state index in [1.165, 1.54) is 6.92 Å². The van der Waals surface area contributed by atoms with E-state index >= 15 is 0 Å². The summed E-state index contributed by atoms with van der Waals surface area (Å²) in [5, 5.41) is 15.3. The Labute approximate surface area is 261 Å². The number of hydrogen-bond acceptors (Lipinski definition) is 5. The SMILES string of the molecule is C[C@H](NC(=O)N(Cc1ccccc1)NC(=O)[C@@H](Cc1ccccc1)NC(=O)OCC1c2ccccc2-c2ccccc21)C(=O)O. The van der Waals surface area contributed by atoms with Crippen LogP contribution in [0, 0.1) is 0 Å². The molecule has 4 amide bonds. The Morgan fingerprint density at radius 1 is 0.756 bits per heavy atom. The number of fused-ring (bicyclic) bond motifs is 3. The van der Waals surface area contributed by atoms with Crippen LogP contribution in [0.25, 0.3) is 11.1 Å². The van der Waals surface area contributed by atoms with Gasteiger partial charge in [-0.25, -0.2) is 14.6 Å². The minimum absolute atomic E-state index is 0.0479. The average Bonchev–Trinajstić information content (AvgIpc) is 3.37. The number of hydrazine groups is 1. The Bertz CT molecular complexity index is 1620. The summed E-state index contributed by atoms with van der Waals surface area (Å²) in [6.45, 7) is 1.34. The third kappa shape index (κ3) is 7.66. The molecule has 0 aliphatic heterocycles. The number of carboxylic acids is 1. The minimum atomic E-state index is -1.23. The third-order valence-electron chi connectivity index (χ3n) is 7.62. The van der Waals surface area contributed by atoms with Gasteiger partial charge in [0.2, 0.25) is 0 Å². The van der Waals surface area contributed by atoms with Crippen molar-refractivity contribution >= 4 is 24.0 Å². The molecule has 0 saturated heterocycles. The molecular formula is C35H34N4O6. The lowest BCUT2D eigenvalue weighted by molar-refractivity contribution is -0.138. The number of alkyl carbamates (subject to hydrolysis) is 1. The topological polar surface area (TPSA) is 137 Å². The summed E-state index contributed by atoms with van der Waals surface area (Å²) in [4.78, 5) is 51.3. The second-order valence-electron chi connectivity index (χ2n) is 10.8. The first-order valence-electron chi connectivity index (χ1n) is 14.6. The van der Waals surface area contributed by atoms with Gasteiger partial charge in [0.25, 0.3) is 5.91 Å². The lowest BCUT2D eigenvalue weighted by atomic mass is 9.98. The monoisotopic (exact) mass is 606 g/mol. The molecule has 0 fully saturated rings. The van der Waals surface area contributed by atoms with Crippen LogP contribution in [-0.4, -0.2) is 52.8 Å². The number of amides is 4. The zero-order chi connectivity index (χ0) is 31.8. The fourth-order valence-electron chi connectivity index (χ4n) is 5.31. The van der Waals surface area contributed by atoms with Gasteiger partial charge in [-0.1, -0.05) is 109 Å². The summed E-state index contributed by atoms with van der Waals surface area (Å²) in [7, 11) is 0. The first-order chi connectivity index (χ1) is 21.8. The van der Waals surface area contributed by atoms with Crippen molar-refractivity contribution in [2.24, 2.45) is 0 Å². The van der Waals surface area contributed by atoms with E-state index in [0.29, 0.717) is 5.56 Å². The minimum Gasteiger partial charge on any atom is -0.480 e. The van der Waals surface area contributed by atoms with Crippen molar-refractivity contribution < 1.29 is 29.0 Å². The number of hydrogen-bond donors (Lipinski definition) is 4. The van der Waals surface area contributed by atoms with Crippen LogP contribution in [0.15, 0.2) is 109 Å². The highest BCUT2D eigenvalue weighted by Gasteiger charge is 2.31. The first kappa shape index (κ1) is 30.8. The van der Waals surface area contributed by atoms with Crippen molar-refractivity contribution in [3.8, 4) is 11.1 Å². The second kappa shape index (κ2) is 14.2. The molecule has 1 aliphatic rings. The van der Waals surface area contributed by atoms with Gasteiger partial charge in [0.1, 0.15) is 18.7 Å². The lowest BCUT2D eigenvalue weighted by Crippen LogP contribution is -2.58. The normalized spacial score (nSPS) is 13.0. The van der Waals surface area contributed by atoms with E-state index in [2.05, 4.69) is 16.1 Å². The molecule has 0 heterocycles. The molecule has 0 radical (unpaired) electrons. The zero-order valence-corrected chi connectivity index (χ0v) is 24.7. The zero-order valence-electron chi connectivity index (χ0n) is 24.7. The lowest BCUT2D eigenvalue weighted by Gasteiger charge is -2.27. The van der Waals surface area contributed by atoms with Gasteiger partial charge in [-0.05, 0) is 40.3 Å². The van der Waals surface area contributed by atoms with Gasteiger partial charge in [0.05, 0.1) is 6.54 Å². The summed E-state index contributed by atoms with van der Waals surface area (Å²) in [5.74, 6) is -2.07. The van der Waals surface area contributed by atoms with Crippen LogP contribution in [0.4, 0.5) is 9.59 Å². The molecule has 0 spiro atoms. The van der Waals surface area contributed by atoms with Crippen LogP contribution >= 0.6 is 0 Å². The predicted octanol–water partition coefficient (Wildman–Crippen LogP) is 4.85. The summed E-state index contributed by atoms with van der Waals surface area (Å²) in [5.41, 5.74) is 8.35. The molecule has 0 bridgehead atoms. The van der Waals surface area contributed by atoms with E-state index in [0.717, 1.165) is 32.8 Å². The van der Waals surface area contributed by atoms with Gasteiger partial charge in [0, 0.05) is 12.3 Å². The van der Waals surface area contributed by atoms with Crippen LogP contribution in [0.2, 0.25) is 0 Å². The van der Waals surface area contributed by atoms with Gasteiger partial charge in [0.15, 0.2) is 0 Å². The maximum absolute atomic E-state index is 13.7. The third-order valence-corrected chi connectivity index (χ3v) is 7.62. The average molecular weight is 607 g/mol. The fraction of sp³-hybridized carbons (Fsp3) is 0.200. The quantitative estimate of drug-likeness (QED) is 0.191. The number of carbonyl (C=O) groups is 4. The Hall–Kier alpha value is -5.64. The second-order valence-corrected chi connectivity index (χ2v) is 10.8. The molecule has 10 heteroatoms. The molecule has 4 N–H and O–H groups in total. The van der Waals surface area contributed by atoms with E-state index < -0.39 is 36.1 Å². The smallest absolute Gasteiger partial charge is 0.407 e. The Kier molecular flexibility index (Phi) is 9.74. The van der Waals surface area contributed by atoms with Gasteiger partial charge in [-0.15, -0.1) is 0 Å². The number of benzene rings is 4. The molecule has 230 valence electrons. The van der Waals surface area contributed by atoms with Gasteiger partial charge >= 0.3 is 18.1 Å². The largest absolute Gasteiger partial charge is 0.480 e. The van der Waals surface area contributed by atoms with Crippen molar-refractivity contribution in [1.82, 2.24) is 21.1 Å². The molecule has 45 heavy (non-hydrogen) atoms. The van der Waals surface area contributed by atoms with Crippen molar-refractivity contribution in [1.29, 1.82) is 0 Å². The Balaban J connectivity index is 1.31. The highest BCUT2D eigenvalue weighted by atomic mass is 16.5. The van der Waals surface area contributed by atoms with Gasteiger partial charge in [-0.2, -0.15) is 0 Å². The van der Waals surface area contributed by atoms with Crippen molar-refractivity contribution in [3.05, 3.63) is 131 Å². The number of nitrogens with zero attached hydrogens (tertiary/aromatic N) is 1. The summed E-state index contributed by atoms with van der Waals surface area (Å²) >= 11 is 0. The van der Waals surface area contributed by atoms with Crippen molar-refractivity contribution in [2.45, 2.75) is 37.9 Å². The highest BCUT2D eigenvalue weighted by molar-refractivity contribution is 5.89. The van der Waals surface area contributed by atoms with E-state index in [9.17, 15) is 24.3 Å². The molecule has 2 atom stereocenters. The standard InChI is InChI=1S/C35H34N4O6/c1-23(33(41)42)36-34(43)39(21-25-14-6-3-7-15-25)38-32(40)31(20-24-12-4-2-5-13-24)37-35(44)45-22-30-28-18-10-8-16-26(28)27-17-9-11-19-29(27)30/h2-19,23,30-31H,20-22H2,1H3,(H,36,43)(H,37,44)(H,38,40)(H,41,42)/t23-,31+/m0/s1. The van der Waals surface area contributed by atoms with E-state index in [1.54, 1.807) is 24.3 Å². The van der Waals surface area contributed by atoms with Crippen LogP contribution < -0.4 is 16.1 Å². The van der Waals surface area contributed by atoms with E-state index in [4.69, 9.17) is 4.74 Å². The number of aliphatic carboxylic acids is 1. The van der Waals surface area contributed by atoms with E-state index in [1.807, 2.05) is 84.9 Å². The van der Waals surface area contributed by atoms with Gasteiger partial charge < -0.3 is 20.5 Å². The highest BCUT2D eigenvalue weighted by Crippen LogP contribution is 2.44. The number of urea groups is 1. The van der Waals surface area contributed by atoms with Crippen molar-refractivity contribution in [3.63, 3.8) is 0 Å². The number of rotatable bonds is 10. The van der Waals surface area contributed by atoms with E-state index in [-0.39, 0.29) is 25.5 Å². The molecule has 1 aliphatic carbocycles. The molecule has 0 saturated carbocycles. The van der Waals surface area contributed by atoms with Crippen molar-refractivity contribution in [2.75, 3.05) is 6.61 Å². The maximum Gasteiger partial charge on any atom is 0.407 e. The van der Waals surface area contributed by atoms with Crippen LogP contribution in [0.1, 0.15) is 35.1 Å². The molecule has 10 nitrogen and oxygen atoms in total. The van der Waals surface area contributed by atoms with Gasteiger partial charge in [-0.3, -0.25) is 15.0 Å². The molecule has 5 rings (SSSR count). The number of carboxylic acid groups (broad SMARTS) is 1.